The number of hydrogen-bond acceptors (Lipinski definition) is 5. The molecule has 6 rings (SSSR count). The lowest BCUT2D eigenvalue weighted by molar-refractivity contribution is -0.141. The second-order valence-corrected chi connectivity index (χ2v) is 8.12. The third kappa shape index (κ3) is 2.42. The first kappa shape index (κ1) is 15.9. The number of aromatic nitrogens is 2. The summed E-state index contributed by atoms with van der Waals surface area (Å²) in [6.07, 6.45) is 2.66. The topological polar surface area (TPSA) is 69.6 Å². The van der Waals surface area contributed by atoms with Gasteiger partial charge in [-0.1, -0.05) is 12.1 Å². The molecule has 136 valence electrons. The van der Waals surface area contributed by atoms with Gasteiger partial charge in [-0.2, -0.15) is 4.98 Å². The van der Waals surface area contributed by atoms with Crippen LogP contribution < -0.4 is 9.80 Å². The normalized spacial score (nSPS) is 30.0. The van der Waals surface area contributed by atoms with E-state index in [1.54, 1.807) is 0 Å². The third-order valence-corrected chi connectivity index (χ3v) is 6.58. The molecule has 3 atom stereocenters. The van der Waals surface area contributed by atoms with E-state index in [2.05, 4.69) is 28.9 Å². The summed E-state index contributed by atoms with van der Waals surface area (Å²) in [7, 11) is 0. The Balaban J connectivity index is 1.48. The molecule has 0 spiro atoms. The van der Waals surface area contributed by atoms with Gasteiger partial charge < -0.3 is 14.9 Å². The second kappa shape index (κ2) is 5.83. The minimum absolute atomic E-state index is 0.310. The van der Waals surface area contributed by atoms with E-state index in [0.29, 0.717) is 30.2 Å². The molecular weight excluding hydrogens is 328 g/mol. The van der Waals surface area contributed by atoms with E-state index in [-0.39, 0.29) is 0 Å². The number of carboxylic acids is 1. The van der Waals surface area contributed by atoms with Crippen LogP contribution in [0.2, 0.25) is 0 Å². The number of para-hydroxylation sites is 1. The monoisotopic (exact) mass is 352 g/mol. The van der Waals surface area contributed by atoms with Gasteiger partial charge in [0.25, 0.3) is 0 Å². The molecule has 0 radical (unpaired) electrons. The van der Waals surface area contributed by atoms with E-state index >= 15 is 0 Å². The Morgan fingerprint density at radius 1 is 1.23 bits per heavy atom. The molecule has 4 heterocycles. The van der Waals surface area contributed by atoms with Crippen molar-refractivity contribution in [3.05, 3.63) is 24.3 Å². The Morgan fingerprint density at radius 3 is 2.65 bits per heavy atom. The maximum atomic E-state index is 11.1. The van der Waals surface area contributed by atoms with Gasteiger partial charge in [-0.05, 0) is 49.7 Å². The predicted octanol–water partition coefficient (Wildman–Crippen LogP) is 2.78. The summed E-state index contributed by atoms with van der Waals surface area (Å²) in [5.74, 6) is 2.48. The molecule has 1 aromatic heterocycles. The number of benzene rings is 1. The fourth-order valence-corrected chi connectivity index (χ4v) is 4.93. The van der Waals surface area contributed by atoms with Crippen LogP contribution in [0.15, 0.2) is 24.3 Å². The first-order chi connectivity index (χ1) is 12.6. The fourth-order valence-electron chi connectivity index (χ4n) is 4.93. The summed E-state index contributed by atoms with van der Waals surface area (Å²) in [6, 6.07) is 8.73. The Hall–Kier alpha value is -2.37. The number of fused-ring (bicyclic) bond motifs is 3. The minimum atomic E-state index is -0.667. The van der Waals surface area contributed by atoms with Crippen LogP contribution in [0.1, 0.15) is 26.2 Å². The van der Waals surface area contributed by atoms with Crippen molar-refractivity contribution in [3.8, 4) is 0 Å². The maximum Gasteiger partial charge on any atom is 0.303 e. The zero-order valence-electron chi connectivity index (χ0n) is 15.0. The minimum Gasteiger partial charge on any atom is -0.481 e. The number of carboxylic acid groups (broad SMARTS) is 1. The molecule has 1 saturated carbocycles. The molecule has 4 fully saturated rings. The summed E-state index contributed by atoms with van der Waals surface area (Å²) in [5, 5.41) is 10.2. The van der Waals surface area contributed by atoms with Crippen LogP contribution in [0.3, 0.4) is 0 Å². The third-order valence-electron chi connectivity index (χ3n) is 6.58. The highest BCUT2D eigenvalue weighted by molar-refractivity contribution is 5.90. The van der Waals surface area contributed by atoms with Gasteiger partial charge in [-0.3, -0.25) is 4.79 Å². The summed E-state index contributed by atoms with van der Waals surface area (Å²) in [6.45, 7) is 5.05. The van der Waals surface area contributed by atoms with Gasteiger partial charge in [0.2, 0.25) is 5.95 Å². The van der Waals surface area contributed by atoms with Crippen LogP contribution in [0.4, 0.5) is 11.8 Å². The zero-order chi connectivity index (χ0) is 17.8. The average Bonchev–Trinajstić information content (AvgIpc) is 2.64. The van der Waals surface area contributed by atoms with E-state index < -0.39 is 5.97 Å². The highest BCUT2D eigenvalue weighted by atomic mass is 16.4. The fraction of sp³-hybridized carbons (Fsp3) is 0.550. The van der Waals surface area contributed by atoms with Crippen molar-refractivity contribution >= 4 is 28.6 Å². The standard InChI is InChI=1S/C20H24N4O2/c1-12-6-7-24(12)20-21-17-5-3-2-4-15(17)19(22-20)23-10-13-8-14(11-23)16(13)9-18(25)26/h2-5,12-14,16H,6-11H2,1H3,(H,25,26). The van der Waals surface area contributed by atoms with E-state index in [9.17, 15) is 4.79 Å². The molecule has 2 bridgehead atoms. The van der Waals surface area contributed by atoms with Gasteiger partial charge >= 0.3 is 5.97 Å². The number of anilines is 2. The van der Waals surface area contributed by atoms with E-state index in [4.69, 9.17) is 15.1 Å². The number of hydrogen-bond donors (Lipinski definition) is 1. The van der Waals surface area contributed by atoms with Crippen molar-refractivity contribution < 1.29 is 9.90 Å². The van der Waals surface area contributed by atoms with Crippen molar-refractivity contribution in [2.75, 3.05) is 29.4 Å². The lowest BCUT2D eigenvalue weighted by atomic mass is 9.60. The summed E-state index contributed by atoms with van der Waals surface area (Å²) in [5.41, 5.74) is 0.993. The maximum absolute atomic E-state index is 11.1. The van der Waals surface area contributed by atoms with E-state index in [1.165, 1.54) is 6.42 Å². The average molecular weight is 352 g/mol. The van der Waals surface area contributed by atoms with Gasteiger partial charge in [0.15, 0.2) is 0 Å². The SMILES string of the molecule is CC1CCN1c1nc(N2CC3CC(C2)C3CC(=O)O)c2ccccc2n1. The molecule has 1 N–H and O–H groups in total. The largest absolute Gasteiger partial charge is 0.481 e. The summed E-state index contributed by atoms with van der Waals surface area (Å²) in [4.78, 5) is 25.5. The molecular formula is C20H24N4O2. The number of rotatable bonds is 4. The van der Waals surface area contributed by atoms with Crippen molar-refractivity contribution in [2.45, 2.75) is 32.2 Å². The van der Waals surface area contributed by atoms with Crippen LogP contribution in [0.25, 0.3) is 10.9 Å². The lowest BCUT2D eigenvalue weighted by Gasteiger charge is -2.54. The summed E-state index contributed by atoms with van der Waals surface area (Å²) >= 11 is 0. The van der Waals surface area contributed by atoms with Crippen molar-refractivity contribution in [2.24, 2.45) is 17.8 Å². The second-order valence-electron chi connectivity index (χ2n) is 8.12. The van der Waals surface area contributed by atoms with Gasteiger partial charge in [0, 0.05) is 37.5 Å². The molecule has 4 aliphatic rings. The molecule has 1 aliphatic carbocycles. The van der Waals surface area contributed by atoms with Gasteiger partial charge in [-0.25, -0.2) is 4.98 Å². The zero-order valence-corrected chi connectivity index (χ0v) is 15.0. The van der Waals surface area contributed by atoms with Crippen LogP contribution in [0, 0.1) is 17.8 Å². The van der Waals surface area contributed by atoms with Crippen LogP contribution in [0.5, 0.6) is 0 Å². The Bertz CT molecular complexity index is 858. The molecule has 3 saturated heterocycles. The molecule has 6 heteroatoms. The van der Waals surface area contributed by atoms with Crippen molar-refractivity contribution in [1.29, 1.82) is 0 Å². The summed E-state index contributed by atoms with van der Waals surface area (Å²) < 4.78 is 0. The molecule has 3 unspecified atom stereocenters. The molecule has 26 heavy (non-hydrogen) atoms. The van der Waals surface area contributed by atoms with E-state index in [1.807, 2.05) is 12.1 Å². The van der Waals surface area contributed by atoms with Gasteiger partial charge in [0.05, 0.1) is 5.52 Å². The van der Waals surface area contributed by atoms with Gasteiger partial charge in [-0.15, -0.1) is 0 Å². The number of aliphatic carboxylic acids is 1. The lowest BCUT2D eigenvalue weighted by Crippen LogP contribution is -2.56. The molecule has 6 nitrogen and oxygen atoms in total. The number of carbonyl (C=O) groups is 1. The first-order valence-corrected chi connectivity index (χ1v) is 9.60. The molecule has 3 aliphatic heterocycles. The smallest absolute Gasteiger partial charge is 0.303 e. The molecule has 1 aromatic carbocycles. The van der Waals surface area contributed by atoms with Crippen molar-refractivity contribution in [3.63, 3.8) is 0 Å². The Labute approximate surface area is 152 Å². The number of piperidine rings is 2. The Kier molecular flexibility index (Phi) is 3.55. The van der Waals surface area contributed by atoms with Crippen LogP contribution in [-0.4, -0.2) is 46.7 Å². The van der Waals surface area contributed by atoms with E-state index in [0.717, 1.165) is 48.7 Å². The number of nitrogens with zero attached hydrogens (tertiary/aromatic N) is 4. The van der Waals surface area contributed by atoms with Crippen LogP contribution in [-0.2, 0) is 4.79 Å². The molecule has 0 amide bonds. The Morgan fingerprint density at radius 2 is 2.00 bits per heavy atom. The highest BCUT2D eigenvalue weighted by Gasteiger charge is 2.47. The predicted molar refractivity (Wildman–Crippen MR) is 101 cm³/mol. The quantitative estimate of drug-likeness (QED) is 0.912. The first-order valence-electron chi connectivity index (χ1n) is 9.60. The van der Waals surface area contributed by atoms with Gasteiger partial charge in [0.1, 0.15) is 5.82 Å². The molecule has 2 aromatic rings. The van der Waals surface area contributed by atoms with Crippen molar-refractivity contribution in [1.82, 2.24) is 9.97 Å². The van der Waals surface area contributed by atoms with Crippen LogP contribution >= 0.6 is 0 Å². The highest BCUT2D eigenvalue weighted by Crippen LogP contribution is 2.48.